The summed E-state index contributed by atoms with van der Waals surface area (Å²) in [5, 5.41) is 2.06. The molecule has 4 heteroatoms. The summed E-state index contributed by atoms with van der Waals surface area (Å²) in [6.45, 7) is 0.523. The Balaban J connectivity index is 1.70. The Bertz CT molecular complexity index is 559. The van der Waals surface area contributed by atoms with Gasteiger partial charge in [0, 0.05) is 17.5 Å². The Morgan fingerprint density at radius 3 is 2.62 bits per heavy atom. The minimum atomic E-state index is 0.523. The Morgan fingerprint density at radius 1 is 1.14 bits per heavy atom. The summed E-state index contributed by atoms with van der Waals surface area (Å²) in [4.78, 5) is 6.01. The van der Waals surface area contributed by atoms with Crippen LogP contribution in [0, 0.1) is 0 Å². The minimum absolute atomic E-state index is 0.523. The van der Waals surface area contributed by atoms with Crippen molar-refractivity contribution >= 4 is 23.1 Å². The van der Waals surface area contributed by atoms with Crippen LogP contribution in [0.1, 0.15) is 42.8 Å². The molecule has 1 fully saturated rings. The molecule has 1 aliphatic rings. The number of nitrogens with two attached hydrogens (primary N) is 1. The Labute approximate surface area is 135 Å². The number of thioether (sulfide) groups is 1. The molecule has 2 aromatic rings. The molecule has 0 spiro atoms. The highest BCUT2D eigenvalue weighted by atomic mass is 32.2. The van der Waals surface area contributed by atoms with Gasteiger partial charge in [0.25, 0.3) is 0 Å². The molecule has 0 unspecified atom stereocenters. The van der Waals surface area contributed by atoms with Gasteiger partial charge < -0.3 is 5.73 Å². The van der Waals surface area contributed by atoms with E-state index < -0.39 is 0 Å². The first-order valence-corrected chi connectivity index (χ1v) is 9.59. The second-order valence-electron chi connectivity index (χ2n) is 5.52. The number of hydrogen-bond donors (Lipinski definition) is 1. The first-order valence-electron chi connectivity index (χ1n) is 7.72. The van der Waals surface area contributed by atoms with E-state index in [1.165, 1.54) is 47.6 Å². The van der Waals surface area contributed by atoms with Gasteiger partial charge in [-0.2, -0.15) is 11.8 Å². The average Bonchev–Trinajstić information content (AvgIpc) is 2.98. The summed E-state index contributed by atoms with van der Waals surface area (Å²) in [5.74, 6) is 1.04. The number of nitrogens with zero attached hydrogens (tertiary/aromatic N) is 1. The standard InChI is InChI=1S/C17H22N2S2/c18-11-15-17(13-7-3-1-4-8-13)21-16(19-15)12-20-14-9-5-2-6-10-14/h1,3-4,7-8,14H,2,5-6,9-12,18H2. The van der Waals surface area contributed by atoms with E-state index in [9.17, 15) is 0 Å². The fourth-order valence-electron chi connectivity index (χ4n) is 2.84. The second kappa shape index (κ2) is 7.43. The van der Waals surface area contributed by atoms with Crippen LogP contribution >= 0.6 is 23.1 Å². The molecule has 112 valence electrons. The lowest BCUT2D eigenvalue weighted by molar-refractivity contribution is 0.516. The number of aromatic nitrogens is 1. The van der Waals surface area contributed by atoms with E-state index in [1.54, 1.807) is 0 Å². The van der Waals surface area contributed by atoms with Crippen molar-refractivity contribution in [1.29, 1.82) is 0 Å². The van der Waals surface area contributed by atoms with Crippen molar-refractivity contribution in [3.63, 3.8) is 0 Å². The van der Waals surface area contributed by atoms with Gasteiger partial charge in [0.1, 0.15) is 5.01 Å². The Morgan fingerprint density at radius 2 is 1.90 bits per heavy atom. The maximum Gasteiger partial charge on any atom is 0.103 e. The molecule has 3 rings (SSSR count). The minimum Gasteiger partial charge on any atom is -0.325 e. The molecule has 1 heterocycles. The molecular weight excluding hydrogens is 296 g/mol. The number of hydrogen-bond acceptors (Lipinski definition) is 4. The van der Waals surface area contributed by atoms with Crippen LogP contribution in [0.3, 0.4) is 0 Å². The molecule has 0 radical (unpaired) electrons. The molecule has 1 aliphatic carbocycles. The van der Waals surface area contributed by atoms with Gasteiger partial charge in [0.2, 0.25) is 0 Å². The molecule has 1 aromatic heterocycles. The third-order valence-electron chi connectivity index (χ3n) is 3.97. The quantitative estimate of drug-likeness (QED) is 0.857. The highest BCUT2D eigenvalue weighted by Gasteiger charge is 2.16. The van der Waals surface area contributed by atoms with Gasteiger partial charge in [-0.25, -0.2) is 4.98 Å². The lowest BCUT2D eigenvalue weighted by Gasteiger charge is -2.20. The molecular formula is C17H22N2S2. The summed E-state index contributed by atoms with van der Waals surface area (Å²) in [6, 6.07) is 10.5. The molecule has 0 aliphatic heterocycles. The maximum atomic E-state index is 5.88. The van der Waals surface area contributed by atoms with E-state index in [0.29, 0.717) is 6.54 Å². The normalized spacial score (nSPS) is 16.2. The first-order chi connectivity index (χ1) is 10.4. The third kappa shape index (κ3) is 3.87. The first kappa shape index (κ1) is 15.1. The molecule has 2 N–H and O–H groups in total. The number of benzene rings is 1. The maximum absolute atomic E-state index is 5.88. The predicted molar refractivity (Wildman–Crippen MR) is 93.6 cm³/mol. The van der Waals surface area contributed by atoms with Crippen LogP contribution < -0.4 is 5.73 Å². The van der Waals surface area contributed by atoms with Crippen molar-refractivity contribution < 1.29 is 0 Å². The predicted octanol–water partition coefficient (Wildman–Crippen LogP) is 4.83. The summed E-state index contributed by atoms with van der Waals surface area (Å²) in [6.07, 6.45) is 6.98. The van der Waals surface area contributed by atoms with E-state index in [2.05, 4.69) is 36.0 Å². The molecule has 1 aromatic carbocycles. The van der Waals surface area contributed by atoms with Gasteiger partial charge in [-0.1, -0.05) is 49.6 Å². The lowest BCUT2D eigenvalue weighted by atomic mass is 10.0. The summed E-state index contributed by atoms with van der Waals surface area (Å²) in [5.41, 5.74) is 8.16. The zero-order valence-electron chi connectivity index (χ0n) is 12.3. The van der Waals surface area contributed by atoms with Crippen molar-refractivity contribution in [3.05, 3.63) is 41.0 Å². The molecule has 1 saturated carbocycles. The van der Waals surface area contributed by atoms with Crippen LogP contribution in [-0.2, 0) is 12.3 Å². The topological polar surface area (TPSA) is 38.9 Å². The second-order valence-corrected chi connectivity index (χ2v) is 7.90. The largest absolute Gasteiger partial charge is 0.325 e. The van der Waals surface area contributed by atoms with Crippen LogP contribution in [0.5, 0.6) is 0 Å². The van der Waals surface area contributed by atoms with Crippen LogP contribution in [0.25, 0.3) is 10.4 Å². The number of thiazole rings is 1. The van der Waals surface area contributed by atoms with E-state index >= 15 is 0 Å². The Hall–Kier alpha value is -0.840. The van der Waals surface area contributed by atoms with Crippen LogP contribution in [-0.4, -0.2) is 10.2 Å². The van der Waals surface area contributed by atoms with Crippen LogP contribution in [0.2, 0.25) is 0 Å². The van der Waals surface area contributed by atoms with Gasteiger partial charge in [-0.05, 0) is 18.4 Å². The SMILES string of the molecule is NCc1nc(CSC2CCCCC2)sc1-c1ccccc1. The summed E-state index contributed by atoms with van der Waals surface area (Å²) in [7, 11) is 0. The third-order valence-corrected chi connectivity index (χ3v) is 6.68. The Kier molecular flexibility index (Phi) is 5.33. The van der Waals surface area contributed by atoms with Crippen LogP contribution in [0.15, 0.2) is 30.3 Å². The van der Waals surface area contributed by atoms with Crippen molar-refractivity contribution in [2.24, 2.45) is 5.73 Å². The molecule has 0 amide bonds. The monoisotopic (exact) mass is 318 g/mol. The fraction of sp³-hybridized carbons (Fsp3) is 0.471. The molecule has 21 heavy (non-hydrogen) atoms. The smallest absolute Gasteiger partial charge is 0.103 e. The summed E-state index contributed by atoms with van der Waals surface area (Å²) < 4.78 is 0. The van der Waals surface area contributed by atoms with Gasteiger partial charge in [-0.15, -0.1) is 11.3 Å². The molecule has 0 atom stereocenters. The lowest BCUT2D eigenvalue weighted by Crippen LogP contribution is -2.08. The zero-order valence-corrected chi connectivity index (χ0v) is 13.9. The molecule has 0 bridgehead atoms. The van der Waals surface area contributed by atoms with E-state index in [-0.39, 0.29) is 0 Å². The highest BCUT2D eigenvalue weighted by Crippen LogP contribution is 2.35. The molecule has 0 saturated heterocycles. The van der Waals surface area contributed by atoms with Crippen molar-refractivity contribution in [2.75, 3.05) is 0 Å². The molecule has 2 nitrogen and oxygen atoms in total. The van der Waals surface area contributed by atoms with Gasteiger partial charge in [-0.3, -0.25) is 0 Å². The van der Waals surface area contributed by atoms with Gasteiger partial charge in [0.15, 0.2) is 0 Å². The van der Waals surface area contributed by atoms with Gasteiger partial charge >= 0.3 is 0 Å². The van der Waals surface area contributed by atoms with E-state index in [4.69, 9.17) is 10.7 Å². The zero-order chi connectivity index (χ0) is 14.5. The van der Waals surface area contributed by atoms with Gasteiger partial charge in [0.05, 0.1) is 10.6 Å². The average molecular weight is 319 g/mol. The fourth-order valence-corrected chi connectivity index (χ4v) is 5.28. The van der Waals surface area contributed by atoms with E-state index in [0.717, 1.165) is 16.7 Å². The van der Waals surface area contributed by atoms with Crippen molar-refractivity contribution in [2.45, 2.75) is 49.7 Å². The highest BCUT2D eigenvalue weighted by molar-refractivity contribution is 7.99. The number of rotatable bonds is 5. The van der Waals surface area contributed by atoms with E-state index in [1.807, 2.05) is 17.4 Å². The van der Waals surface area contributed by atoms with Crippen molar-refractivity contribution in [1.82, 2.24) is 4.98 Å². The van der Waals surface area contributed by atoms with Crippen LogP contribution in [0.4, 0.5) is 0 Å². The summed E-state index contributed by atoms with van der Waals surface area (Å²) >= 11 is 3.90. The van der Waals surface area contributed by atoms with Crippen molar-refractivity contribution in [3.8, 4) is 10.4 Å².